The molecule has 4 rings (SSSR count). The summed E-state index contributed by atoms with van der Waals surface area (Å²) in [5.41, 5.74) is 1.55. The number of nitrogens with zero attached hydrogens (tertiary/aromatic N) is 1. The normalized spacial score (nSPS) is 15.4. The average molecular weight is 626 g/mol. The van der Waals surface area contributed by atoms with E-state index in [9.17, 15) is 19.2 Å². The van der Waals surface area contributed by atoms with Crippen LogP contribution in [0.5, 0.6) is 0 Å². The Kier molecular flexibility index (Phi) is 16.3. The second-order valence-electron chi connectivity index (χ2n) is 10.4. The summed E-state index contributed by atoms with van der Waals surface area (Å²) in [6.45, 7) is 8.32. The van der Waals surface area contributed by atoms with E-state index in [4.69, 9.17) is 14.0 Å². The van der Waals surface area contributed by atoms with Gasteiger partial charge >= 0.3 is 0 Å². The first-order chi connectivity index (χ1) is 21.7. The Hall–Kier alpha value is -4.29. The van der Waals surface area contributed by atoms with Gasteiger partial charge in [-0.3, -0.25) is 19.2 Å². The summed E-state index contributed by atoms with van der Waals surface area (Å²) < 4.78 is 15.3. The number of carbonyl (C=O) groups is 4. The summed E-state index contributed by atoms with van der Waals surface area (Å²) in [6, 6.07) is 15.7. The van der Waals surface area contributed by atoms with Gasteiger partial charge in [-0.25, -0.2) is 0 Å². The minimum atomic E-state index is -0.653. The molecule has 1 saturated heterocycles. The zero-order valence-corrected chi connectivity index (χ0v) is 27.1. The van der Waals surface area contributed by atoms with Crippen molar-refractivity contribution >= 4 is 34.9 Å². The molecular weight excluding hydrogens is 578 g/mol. The second kappa shape index (κ2) is 19.9. The summed E-state index contributed by atoms with van der Waals surface area (Å²) in [5.74, 6) is -0.132. The number of aryl methyl sites for hydroxylation is 1. The van der Waals surface area contributed by atoms with E-state index in [1.54, 1.807) is 13.0 Å². The zero-order chi connectivity index (χ0) is 33.2. The number of hydrogen-bond donors (Lipinski definition) is 4. The van der Waals surface area contributed by atoms with E-state index in [0.717, 1.165) is 19.3 Å². The summed E-state index contributed by atoms with van der Waals surface area (Å²) in [5, 5.41) is 17.0. The first-order valence-electron chi connectivity index (χ1n) is 15.3. The third-order valence-electron chi connectivity index (χ3n) is 7.07. The molecule has 0 spiro atoms. The molecule has 2 aromatic carbocycles. The summed E-state index contributed by atoms with van der Waals surface area (Å²) in [7, 11) is 2.94. The number of benzene rings is 2. The highest BCUT2D eigenvalue weighted by Gasteiger charge is 2.31. The van der Waals surface area contributed by atoms with E-state index in [0.29, 0.717) is 30.8 Å². The minimum absolute atomic E-state index is 0.00955. The number of nitrogens with one attached hydrogen (secondary N) is 4. The van der Waals surface area contributed by atoms with Crippen LogP contribution in [0.4, 0.5) is 0 Å². The van der Waals surface area contributed by atoms with Crippen molar-refractivity contribution in [1.82, 2.24) is 26.4 Å². The molecule has 0 bridgehead atoms. The molecule has 1 aromatic heterocycles. The molecule has 2 heterocycles. The van der Waals surface area contributed by atoms with Crippen molar-refractivity contribution in [3.8, 4) is 0 Å². The van der Waals surface area contributed by atoms with Crippen molar-refractivity contribution in [1.29, 1.82) is 0 Å². The number of aromatic nitrogens is 1. The van der Waals surface area contributed by atoms with Crippen LogP contribution >= 0.6 is 0 Å². The van der Waals surface area contributed by atoms with Gasteiger partial charge in [0.1, 0.15) is 5.76 Å². The molecule has 0 radical (unpaired) electrons. The van der Waals surface area contributed by atoms with E-state index >= 15 is 0 Å². The summed E-state index contributed by atoms with van der Waals surface area (Å²) in [4.78, 5) is 45.8. The highest BCUT2D eigenvalue weighted by atomic mass is 16.7. The topological polar surface area (TPSA) is 161 Å². The molecule has 0 aliphatic carbocycles. The molecule has 12 heteroatoms. The van der Waals surface area contributed by atoms with Gasteiger partial charge in [0, 0.05) is 38.8 Å². The average Bonchev–Trinajstić information content (AvgIpc) is 3.49. The second-order valence-corrected chi connectivity index (χ2v) is 10.4. The van der Waals surface area contributed by atoms with Gasteiger partial charge in [0.25, 0.3) is 5.91 Å². The molecule has 1 aliphatic heterocycles. The lowest BCUT2D eigenvalue weighted by molar-refractivity contribution is -0.143. The van der Waals surface area contributed by atoms with Gasteiger partial charge in [0.15, 0.2) is 12.0 Å². The molecular formula is C33H47N5O7. The van der Waals surface area contributed by atoms with Crippen LogP contribution in [0.2, 0.25) is 0 Å². The van der Waals surface area contributed by atoms with Crippen LogP contribution in [0, 0.1) is 12.8 Å². The first-order valence-corrected chi connectivity index (χ1v) is 15.3. The molecule has 1 fully saturated rings. The van der Waals surface area contributed by atoms with Crippen LogP contribution in [-0.4, -0.2) is 75.0 Å². The van der Waals surface area contributed by atoms with Crippen LogP contribution < -0.4 is 21.3 Å². The Labute approximate surface area is 265 Å². The zero-order valence-electron chi connectivity index (χ0n) is 27.1. The Morgan fingerprint density at radius 3 is 2.47 bits per heavy atom. The van der Waals surface area contributed by atoms with E-state index in [2.05, 4.69) is 50.7 Å². The molecule has 2 unspecified atom stereocenters. The molecule has 4 amide bonds. The fraction of sp³-hybridized carbons (Fsp3) is 0.485. The van der Waals surface area contributed by atoms with Crippen molar-refractivity contribution < 1.29 is 33.2 Å². The highest BCUT2D eigenvalue weighted by molar-refractivity contribution is 5.92. The SMILES string of the molecule is CC.COC(OC)C(CC1CCCNC1=O)NC(=O)CNC=O.Cc1cc(C(=O)N[C@H](C)Cc2cccc3ccccc23)no1. The Bertz CT molecular complexity index is 1350. The lowest BCUT2D eigenvalue weighted by atomic mass is 9.91. The van der Waals surface area contributed by atoms with E-state index in [-0.39, 0.29) is 36.2 Å². The molecule has 0 saturated carbocycles. The number of methoxy groups -OCH3 is 2. The number of piperidine rings is 1. The maximum Gasteiger partial charge on any atom is 0.273 e. The smallest absolute Gasteiger partial charge is 0.273 e. The summed E-state index contributed by atoms with van der Waals surface area (Å²) in [6.07, 6.45) is 2.67. The Morgan fingerprint density at radius 2 is 1.82 bits per heavy atom. The number of amides is 4. The van der Waals surface area contributed by atoms with Crippen molar-refractivity contribution in [2.24, 2.45) is 5.92 Å². The summed E-state index contributed by atoms with van der Waals surface area (Å²) >= 11 is 0. The maximum atomic E-state index is 12.1. The number of fused-ring (bicyclic) bond motifs is 1. The van der Waals surface area contributed by atoms with Gasteiger partial charge in [-0.1, -0.05) is 61.5 Å². The van der Waals surface area contributed by atoms with E-state index in [1.807, 2.05) is 39.0 Å². The van der Waals surface area contributed by atoms with Crippen LogP contribution in [0.15, 0.2) is 53.1 Å². The lowest BCUT2D eigenvalue weighted by Gasteiger charge is -2.30. The van der Waals surface area contributed by atoms with E-state index < -0.39 is 12.3 Å². The Morgan fingerprint density at radius 1 is 1.11 bits per heavy atom. The number of carbonyl (C=O) groups excluding carboxylic acids is 4. The van der Waals surface area contributed by atoms with Gasteiger partial charge in [-0.05, 0) is 55.9 Å². The maximum absolute atomic E-state index is 12.1. The van der Waals surface area contributed by atoms with Gasteiger partial charge in [0.2, 0.25) is 18.2 Å². The van der Waals surface area contributed by atoms with Crippen LogP contribution in [0.1, 0.15) is 61.8 Å². The van der Waals surface area contributed by atoms with Gasteiger partial charge < -0.3 is 35.3 Å². The van der Waals surface area contributed by atoms with Crippen molar-refractivity contribution in [2.45, 2.75) is 71.8 Å². The third kappa shape index (κ3) is 12.0. The predicted octanol–water partition coefficient (Wildman–Crippen LogP) is 3.28. The van der Waals surface area contributed by atoms with Gasteiger partial charge in [-0.2, -0.15) is 0 Å². The predicted molar refractivity (Wildman–Crippen MR) is 171 cm³/mol. The fourth-order valence-corrected chi connectivity index (χ4v) is 5.04. The number of hydrogen-bond acceptors (Lipinski definition) is 8. The van der Waals surface area contributed by atoms with Crippen molar-refractivity contribution in [3.63, 3.8) is 0 Å². The molecule has 1 aliphatic rings. The van der Waals surface area contributed by atoms with Crippen molar-refractivity contribution in [3.05, 3.63) is 65.5 Å². The van der Waals surface area contributed by atoms with Crippen LogP contribution in [0.3, 0.4) is 0 Å². The molecule has 12 nitrogen and oxygen atoms in total. The monoisotopic (exact) mass is 625 g/mol. The Balaban J connectivity index is 0.000000298. The minimum Gasteiger partial charge on any atom is -0.361 e. The highest BCUT2D eigenvalue weighted by Crippen LogP contribution is 2.21. The standard InChI is InChI=1S/C18H18N2O2.C13H23N3O5.C2H6/c1-12(19-18(21)17-11-13(2)22-20-17)10-15-8-5-7-14-6-3-4-9-16(14)15;1-20-13(21-2)10(16-11(18)7-14-8-17)6-9-4-3-5-15-12(9)19;1-2/h3-9,11-12H,10H2,1-2H3,(H,19,21);8-10,13H,3-7H2,1-2H3,(H,14,17)(H,15,19)(H,16,18);1-2H3/t12-;;/m1../s1. The molecule has 4 N–H and O–H groups in total. The van der Waals surface area contributed by atoms with Gasteiger partial charge in [0.05, 0.1) is 12.6 Å². The van der Waals surface area contributed by atoms with Gasteiger partial charge in [-0.15, -0.1) is 0 Å². The molecule has 3 aromatic rings. The fourth-order valence-electron chi connectivity index (χ4n) is 5.04. The van der Waals surface area contributed by atoms with Crippen molar-refractivity contribution in [2.75, 3.05) is 27.3 Å². The van der Waals surface area contributed by atoms with Crippen LogP contribution in [-0.2, 0) is 30.3 Å². The quantitative estimate of drug-likeness (QED) is 0.166. The molecule has 3 atom stereocenters. The molecule has 246 valence electrons. The largest absolute Gasteiger partial charge is 0.361 e. The molecule has 45 heavy (non-hydrogen) atoms. The van der Waals surface area contributed by atoms with Crippen LogP contribution in [0.25, 0.3) is 10.8 Å². The van der Waals surface area contributed by atoms with E-state index in [1.165, 1.54) is 30.6 Å². The lowest BCUT2D eigenvalue weighted by Crippen LogP contribution is -2.50. The number of rotatable bonds is 13. The first kappa shape index (κ1) is 36.9. The number of ether oxygens (including phenoxy) is 2. The third-order valence-corrected chi connectivity index (χ3v) is 7.07.